The summed E-state index contributed by atoms with van der Waals surface area (Å²) in [6.45, 7) is 6.48. The molecule has 0 saturated carbocycles. The summed E-state index contributed by atoms with van der Waals surface area (Å²) in [7, 11) is 0. The smallest absolute Gasteiger partial charge is 0.123 e. The lowest BCUT2D eigenvalue weighted by molar-refractivity contribution is 0.476. The topological polar surface area (TPSA) is 33.1 Å². The van der Waals surface area contributed by atoms with E-state index in [1.807, 2.05) is 24.3 Å². The maximum absolute atomic E-state index is 9.93. The van der Waals surface area contributed by atoms with Gasteiger partial charge < -0.3 is 5.11 Å². The first-order valence-electron chi connectivity index (χ1n) is 5.72. The largest absolute Gasteiger partial charge is 0.507 e. The number of hydrogen-bond donors (Lipinski definition) is 1. The van der Waals surface area contributed by atoms with Crippen LogP contribution in [0.2, 0.25) is 0 Å². The minimum absolute atomic E-state index is 0.0741. The van der Waals surface area contributed by atoms with Crippen LogP contribution in [0, 0.1) is 0 Å². The maximum Gasteiger partial charge on any atom is 0.123 e. The van der Waals surface area contributed by atoms with Gasteiger partial charge in [0, 0.05) is 23.5 Å². The van der Waals surface area contributed by atoms with Crippen molar-refractivity contribution in [3.63, 3.8) is 0 Å². The first kappa shape index (κ1) is 11.6. The molecule has 2 aromatic rings. The van der Waals surface area contributed by atoms with Crippen molar-refractivity contribution in [3.8, 4) is 16.9 Å². The molecule has 0 amide bonds. The van der Waals surface area contributed by atoms with Crippen LogP contribution >= 0.6 is 0 Å². The lowest BCUT2D eigenvalue weighted by Gasteiger charge is -2.20. The molecule has 0 fully saturated rings. The van der Waals surface area contributed by atoms with Crippen LogP contribution in [0.15, 0.2) is 42.7 Å². The third kappa shape index (κ3) is 2.47. The van der Waals surface area contributed by atoms with Crippen LogP contribution in [0.3, 0.4) is 0 Å². The summed E-state index contributed by atoms with van der Waals surface area (Å²) in [6.07, 6.45) is 3.50. The molecular formula is C15H17NO. The van der Waals surface area contributed by atoms with Crippen LogP contribution in [0.1, 0.15) is 26.3 Å². The normalized spacial score (nSPS) is 11.5. The Morgan fingerprint density at radius 1 is 1.12 bits per heavy atom. The Labute approximate surface area is 102 Å². The predicted molar refractivity (Wildman–Crippen MR) is 70.0 cm³/mol. The molecule has 1 heterocycles. The predicted octanol–water partition coefficient (Wildman–Crippen LogP) is 3.75. The Balaban J connectivity index is 2.55. The van der Waals surface area contributed by atoms with Gasteiger partial charge in [-0.25, -0.2) is 0 Å². The van der Waals surface area contributed by atoms with E-state index in [2.05, 4.69) is 25.8 Å². The van der Waals surface area contributed by atoms with Crippen molar-refractivity contribution in [1.82, 2.24) is 4.98 Å². The fraction of sp³-hybridized carbons (Fsp3) is 0.267. The fourth-order valence-electron chi connectivity index (χ4n) is 1.76. The summed E-state index contributed by atoms with van der Waals surface area (Å²) in [6, 6.07) is 9.58. The molecule has 2 rings (SSSR count). The first-order chi connectivity index (χ1) is 7.98. The second-order valence-electron chi connectivity index (χ2n) is 5.22. The van der Waals surface area contributed by atoms with E-state index >= 15 is 0 Å². The lowest BCUT2D eigenvalue weighted by atomic mass is 9.85. The molecule has 17 heavy (non-hydrogen) atoms. The van der Waals surface area contributed by atoms with Crippen molar-refractivity contribution in [2.75, 3.05) is 0 Å². The Hall–Kier alpha value is -1.83. The zero-order valence-corrected chi connectivity index (χ0v) is 10.4. The Kier molecular flexibility index (Phi) is 2.88. The molecule has 0 aliphatic heterocycles. The van der Waals surface area contributed by atoms with Crippen LogP contribution < -0.4 is 0 Å². The van der Waals surface area contributed by atoms with Crippen molar-refractivity contribution < 1.29 is 5.11 Å². The van der Waals surface area contributed by atoms with Crippen molar-refractivity contribution in [3.05, 3.63) is 48.3 Å². The molecule has 0 radical (unpaired) electrons. The standard InChI is InChI=1S/C15H17NO/c1-15(2,3)12-6-7-14(17)13(9-12)11-5-4-8-16-10-11/h4-10,17H,1-3H3. The van der Waals surface area contributed by atoms with E-state index in [1.54, 1.807) is 18.5 Å². The van der Waals surface area contributed by atoms with Crippen molar-refractivity contribution in [2.45, 2.75) is 26.2 Å². The van der Waals surface area contributed by atoms with E-state index < -0.39 is 0 Å². The van der Waals surface area contributed by atoms with Gasteiger partial charge in [-0.05, 0) is 29.2 Å². The third-order valence-corrected chi connectivity index (χ3v) is 2.84. The first-order valence-corrected chi connectivity index (χ1v) is 5.72. The number of phenols is 1. The fourth-order valence-corrected chi connectivity index (χ4v) is 1.76. The summed E-state index contributed by atoms with van der Waals surface area (Å²) in [5.74, 6) is 0.297. The molecule has 0 bridgehead atoms. The summed E-state index contributed by atoms with van der Waals surface area (Å²) >= 11 is 0. The number of nitrogens with zero attached hydrogens (tertiary/aromatic N) is 1. The van der Waals surface area contributed by atoms with Crippen molar-refractivity contribution >= 4 is 0 Å². The Morgan fingerprint density at radius 3 is 2.47 bits per heavy atom. The van der Waals surface area contributed by atoms with Gasteiger partial charge >= 0.3 is 0 Å². The van der Waals surface area contributed by atoms with Gasteiger partial charge in [-0.2, -0.15) is 0 Å². The molecule has 0 aliphatic carbocycles. The Bertz CT molecular complexity index is 512. The molecule has 0 aliphatic rings. The highest BCUT2D eigenvalue weighted by Crippen LogP contribution is 2.33. The number of rotatable bonds is 1. The average Bonchev–Trinajstić information content (AvgIpc) is 2.29. The molecule has 88 valence electrons. The van der Waals surface area contributed by atoms with Gasteiger partial charge in [0.15, 0.2) is 0 Å². The third-order valence-electron chi connectivity index (χ3n) is 2.84. The molecule has 1 aromatic heterocycles. The molecule has 0 atom stereocenters. The highest BCUT2D eigenvalue weighted by Gasteiger charge is 2.15. The summed E-state index contributed by atoms with van der Waals surface area (Å²) in [5.41, 5.74) is 3.06. The maximum atomic E-state index is 9.93. The van der Waals surface area contributed by atoms with Crippen LogP contribution in [0.5, 0.6) is 5.75 Å². The SMILES string of the molecule is CC(C)(C)c1ccc(O)c(-c2cccnc2)c1. The van der Waals surface area contributed by atoms with Crippen molar-refractivity contribution in [2.24, 2.45) is 0 Å². The van der Waals surface area contributed by atoms with E-state index in [9.17, 15) is 5.11 Å². The van der Waals surface area contributed by atoms with E-state index in [4.69, 9.17) is 0 Å². The van der Waals surface area contributed by atoms with E-state index in [1.165, 1.54) is 5.56 Å². The minimum Gasteiger partial charge on any atom is -0.507 e. The number of pyridine rings is 1. The monoisotopic (exact) mass is 227 g/mol. The summed E-state index contributed by atoms with van der Waals surface area (Å²) < 4.78 is 0. The quantitative estimate of drug-likeness (QED) is 0.804. The van der Waals surface area contributed by atoms with Gasteiger partial charge in [0.25, 0.3) is 0 Å². The van der Waals surface area contributed by atoms with Gasteiger partial charge in [-0.1, -0.05) is 32.9 Å². The van der Waals surface area contributed by atoms with Gasteiger partial charge in [-0.15, -0.1) is 0 Å². The van der Waals surface area contributed by atoms with Gasteiger partial charge in [0.05, 0.1) is 0 Å². The number of aromatic nitrogens is 1. The molecule has 1 aromatic carbocycles. The molecule has 1 N–H and O–H groups in total. The summed E-state index contributed by atoms with van der Waals surface area (Å²) in [4.78, 5) is 4.08. The van der Waals surface area contributed by atoms with Crippen LogP contribution in [0.25, 0.3) is 11.1 Å². The van der Waals surface area contributed by atoms with Crippen LogP contribution in [0.4, 0.5) is 0 Å². The number of aromatic hydroxyl groups is 1. The zero-order chi connectivity index (χ0) is 12.5. The molecule has 0 saturated heterocycles. The van der Waals surface area contributed by atoms with Crippen LogP contribution in [-0.4, -0.2) is 10.1 Å². The highest BCUT2D eigenvalue weighted by molar-refractivity contribution is 5.70. The number of phenolic OH excluding ortho intramolecular Hbond substituents is 1. The van der Waals surface area contributed by atoms with Gasteiger partial charge in [0.2, 0.25) is 0 Å². The van der Waals surface area contributed by atoms with Gasteiger partial charge in [0.1, 0.15) is 5.75 Å². The second-order valence-corrected chi connectivity index (χ2v) is 5.22. The van der Waals surface area contributed by atoms with E-state index in [0.29, 0.717) is 5.75 Å². The second kappa shape index (κ2) is 4.21. The van der Waals surface area contributed by atoms with Crippen molar-refractivity contribution in [1.29, 1.82) is 0 Å². The average molecular weight is 227 g/mol. The highest BCUT2D eigenvalue weighted by atomic mass is 16.3. The number of benzene rings is 1. The Morgan fingerprint density at radius 2 is 1.88 bits per heavy atom. The summed E-state index contributed by atoms with van der Waals surface area (Å²) in [5, 5.41) is 9.93. The lowest BCUT2D eigenvalue weighted by Crippen LogP contribution is -2.10. The molecule has 0 spiro atoms. The zero-order valence-electron chi connectivity index (χ0n) is 10.4. The van der Waals surface area contributed by atoms with E-state index in [-0.39, 0.29) is 5.41 Å². The number of hydrogen-bond acceptors (Lipinski definition) is 2. The van der Waals surface area contributed by atoms with Crippen LogP contribution in [-0.2, 0) is 5.41 Å². The molecule has 0 unspecified atom stereocenters. The molecule has 2 heteroatoms. The molecular weight excluding hydrogens is 210 g/mol. The minimum atomic E-state index is 0.0741. The van der Waals surface area contributed by atoms with E-state index in [0.717, 1.165) is 11.1 Å². The van der Waals surface area contributed by atoms with Gasteiger partial charge in [-0.3, -0.25) is 4.98 Å². The molecule has 2 nitrogen and oxygen atoms in total.